The number of ether oxygens (including phenoxy) is 2. The Morgan fingerprint density at radius 3 is 1.73 bits per heavy atom. The first kappa shape index (κ1) is 16.1. The molecule has 0 heterocycles. The Hall–Kier alpha value is -2.29. The minimum Gasteiger partial charge on any atom is -0.497 e. The first-order chi connectivity index (χ1) is 10.3. The van der Waals surface area contributed by atoms with Gasteiger partial charge in [0.25, 0.3) is 0 Å². The molecule has 0 aliphatic heterocycles. The summed E-state index contributed by atoms with van der Waals surface area (Å²) in [6.45, 7) is 6.45. The van der Waals surface area contributed by atoms with Gasteiger partial charge in [0.05, 0.1) is 14.2 Å². The highest BCUT2D eigenvalue weighted by atomic mass is 16.5. The van der Waals surface area contributed by atoms with Crippen LogP contribution in [-0.2, 0) is 5.41 Å². The number of carbonyl (C=O) groups excluding carboxylic acids is 1. The van der Waals surface area contributed by atoms with Gasteiger partial charge in [-0.2, -0.15) is 0 Å². The molecule has 3 nitrogen and oxygen atoms in total. The maximum atomic E-state index is 12.6. The van der Waals surface area contributed by atoms with Gasteiger partial charge >= 0.3 is 0 Å². The number of hydrogen-bond acceptors (Lipinski definition) is 3. The summed E-state index contributed by atoms with van der Waals surface area (Å²) in [6.07, 6.45) is 0. The summed E-state index contributed by atoms with van der Waals surface area (Å²) in [5.74, 6) is 1.17. The fourth-order valence-electron chi connectivity index (χ4n) is 2.23. The quantitative estimate of drug-likeness (QED) is 0.792. The third-order valence-electron chi connectivity index (χ3n) is 3.63. The minimum atomic E-state index is -0.0438. The minimum absolute atomic E-state index is 0.0438. The van der Waals surface area contributed by atoms with Crippen molar-refractivity contribution in [1.29, 1.82) is 0 Å². The molecule has 116 valence electrons. The molecule has 0 saturated carbocycles. The topological polar surface area (TPSA) is 35.5 Å². The van der Waals surface area contributed by atoms with E-state index in [0.29, 0.717) is 22.6 Å². The van der Waals surface area contributed by atoms with Crippen LogP contribution in [0.2, 0.25) is 0 Å². The average molecular weight is 298 g/mol. The van der Waals surface area contributed by atoms with E-state index in [1.54, 1.807) is 32.4 Å². The molecule has 0 N–H and O–H groups in total. The molecule has 0 spiro atoms. The fraction of sp³-hybridized carbons (Fsp3) is 0.316. The Labute approximate surface area is 131 Å². The summed E-state index contributed by atoms with van der Waals surface area (Å²) in [5.41, 5.74) is 2.48. The second-order valence-electron chi connectivity index (χ2n) is 6.26. The second-order valence-corrected chi connectivity index (χ2v) is 6.26. The lowest BCUT2D eigenvalue weighted by Crippen LogP contribution is -2.11. The highest BCUT2D eigenvalue weighted by molar-refractivity contribution is 6.09. The largest absolute Gasteiger partial charge is 0.497 e. The molecule has 0 saturated heterocycles. The predicted molar refractivity (Wildman–Crippen MR) is 88.1 cm³/mol. The number of ketones is 1. The van der Waals surface area contributed by atoms with Crippen LogP contribution in [0.5, 0.6) is 11.5 Å². The van der Waals surface area contributed by atoms with Crippen LogP contribution >= 0.6 is 0 Å². The van der Waals surface area contributed by atoms with Gasteiger partial charge in [0, 0.05) is 17.2 Å². The first-order valence-corrected chi connectivity index (χ1v) is 7.23. The van der Waals surface area contributed by atoms with E-state index in [-0.39, 0.29) is 11.2 Å². The van der Waals surface area contributed by atoms with Gasteiger partial charge in [0.15, 0.2) is 5.78 Å². The van der Waals surface area contributed by atoms with E-state index in [9.17, 15) is 4.79 Å². The Morgan fingerprint density at radius 1 is 0.818 bits per heavy atom. The van der Waals surface area contributed by atoms with Crippen molar-refractivity contribution < 1.29 is 14.3 Å². The van der Waals surface area contributed by atoms with Crippen LogP contribution in [0, 0.1) is 0 Å². The van der Waals surface area contributed by atoms with Crippen LogP contribution in [0.3, 0.4) is 0 Å². The smallest absolute Gasteiger partial charge is 0.193 e. The van der Waals surface area contributed by atoms with Gasteiger partial charge in [-0.3, -0.25) is 4.79 Å². The van der Waals surface area contributed by atoms with E-state index in [2.05, 4.69) is 20.8 Å². The van der Waals surface area contributed by atoms with Gasteiger partial charge < -0.3 is 9.47 Å². The van der Waals surface area contributed by atoms with E-state index >= 15 is 0 Å². The number of rotatable bonds is 4. The fourth-order valence-corrected chi connectivity index (χ4v) is 2.23. The molecule has 3 heteroatoms. The summed E-state index contributed by atoms with van der Waals surface area (Å²) < 4.78 is 10.4. The molecule has 2 aromatic rings. The molecule has 2 rings (SSSR count). The lowest BCUT2D eigenvalue weighted by atomic mass is 9.86. The van der Waals surface area contributed by atoms with Crippen molar-refractivity contribution in [2.75, 3.05) is 14.2 Å². The molecule has 0 aliphatic rings. The van der Waals surface area contributed by atoms with Crippen molar-refractivity contribution in [2.24, 2.45) is 0 Å². The molecule has 0 atom stereocenters. The van der Waals surface area contributed by atoms with E-state index in [4.69, 9.17) is 9.47 Å². The summed E-state index contributed by atoms with van der Waals surface area (Å²) in [4.78, 5) is 12.6. The van der Waals surface area contributed by atoms with E-state index < -0.39 is 0 Å². The SMILES string of the molecule is COc1cc(OC)cc(C(=O)c2ccc(C(C)(C)C)cc2)c1. The van der Waals surface area contributed by atoms with Crippen molar-refractivity contribution in [3.63, 3.8) is 0 Å². The highest BCUT2D eigenvalue weighted by Crippen LogP contribution is 2.26. The lowest BCUT2D eigenvalue weighted by Gasteiger charge is -2.19. The maximum Gasteiger partial charge on any atom is 0.193 e. The van der Waals surface area contributed by atoms with Gasteiger partial charge in [-0.1, -0.05) is 45.0 Å². The van der Waals surface area contributed by atoms with Crippen molar-refractivity contribution in [1.82, 2.24) is 0 Å². The van der Waals surface area contributed by atoms with Crippen LogP contribution in [0.1, 0.15) is 42.3 Å². The van der Waals surface area contributed by atoms with Crippen molar-refractivity contribution in [3.8, 4) is 11.5 Å². The van der Waals surface area contributed by atoms with Crippen LogP contribution in [-0.4, -0.2) is 20.0 Å². The van der Waals surface area contributed by atoms with Crippen LogP contribution in [0.4, 0.5) is 0 Å². The van der Waals surface area contributed by atoms with E-state index in [1.807, 2.05) is 24.3 Å². The summed E-state index contributed by atoms with van der Waals surface area (Å²) >= 11 is 0. The zero-order chi connectivity index (χ0) is 16.3. The normalized spacial score (nSPS) is 11.1. The average Bonchev–Trinajstić information content (AvgIpc) is 2.52. The Balaban J connectivity index is 2.35. The molecule has 0 aromatic heterocycles. The molecule has 0 aliphatic carbocycles. The molecule has 22 heavy (non-hydrogen) atoms. The third-order valence-corrected chi connectivity index (χ3v) is 3.63. The van der Waals surface area contributed by atoms with Crippen molar-refractivity contribution in [2.45, 2.75) is 26.2 Å². The number of carbonyl (C=O) groups is 1. The summed E-state index contributed by atoms with van der Waals surface area (Å²) in [7, 11) is 3.14. The first-order valence-electron chi connectivity index (χ1n) is 7.23. The summed E-state index contributed by atoms with van der Waals surface area (Å²) in [6, 6.07) is 12.9. The number of methoxy groups -OCH3 is 2. The zero-order valence-electron chi connectivity index (χ0n) is 13.8. The number of hydrogen-bond donors (Lipinski definition) is 0. The van der Waals surface area contributed by atoms with Gasteiger partial charge in [-0.05, 0) is 23.1 Å². The molecule has 2 aromatic carbocycles. The number of benzene rings is 2. The van der Waals surface area contributed by atoms with Crippen LogP contribution in [0.25, 0.3) is 0 Å². The van der Waals surface area contributed by atoms with Gasteiger partial charge in [0.2, 0.25) is 0 Å². The highest BCUT2D eigenvalue weighted by Gasteiger charge is 2.16. The predicted octanol–water partition coefficient (Wildman–Crippen LogP) is 4.23. The molecule has 0 radical (unpaired) electrons. The van der Waals surface area contributed by atoms with Gasteiger partial charge in [0.1, 0.15) is 11.5 Å². The Bertz CT molecular complexity index is 642. The molecular formula is C19H22O3. The molecule has 0 amide bonds. The lowest BCUT2D eigenvalue weighted by molar-refractivity contribution is 0.103. The van der Waals surface area contributed by atoms with Crippen molar-refractivity contribution in [3.05, 3.63) is 59.2 Å². The Kier molecular flexibility index (Phi) is 4.55. The van der Waals surface area contributed by atoms with Crippen LogP contribution in [0.15, 0.2) is 42.5 Å². The van der Waals surface area contributed by atoms with Crippen LogP contribution < -0.4 is 9.47 Å². The van der Waals surface area contributed by atoms with Crippen molar-refractivity contribution >= 4 is 5.78 Å². The molecular weight excluding hydrogens is 276 g/mol. The standard InChI is InChI=1S/C19H22O3/c1-19(2,3)15-8-6-13(7-9-15)18(20)14-10-16(21-4)12-17(11-14)22-5/h6-12H,1-5H3. The third kappa shape index (κ3) is 3.48. The maximum absolute atomic E-state index is 12.6. The van der Waals surface area contributed by atoms with Gasteiger partial charge in [-0.15, -0.1) is 0 Å². The summed E-state index contributed by atoms with van der Waals surface area (Å²) in [5, 5.41) is 0. The molecule has 0 bridgehead atoms. The van der Waals surface area contributed by atoms with E-state index in [1.165, 1.54) is 5.56 Å². The van der Waals surface area contributed by atoms with Gasteiger partial charge in [-0.25, -0.2) is 0 Å². The molecule has 0 fully saturated rings. The van der Waals surface area contributed by atoms with E-state index in [0.717, 1.165) is 0 Å². The molecule has 0 unspecified atom stereocenters. The zero-order valence-corrected chi connectivity index (χ0v) is 13.8. The second kappa shape index (κ2) is 6.22. The monoisotopic (exact) mass is 298 g/mol. The Morgan fingerprint density at radius 2 is 1.32 bits per heavy atom.